The van der Waals surface area contributed by atoms with Crippen LogP contribution in [0, 0.1) is 6.92 Å². The van der Waals surface area contributed by atoms with E-state index >= 15 is 0 Å². The van der Waals surface area contributed by atoms with Gasteiger partial charge in [-0.25, -0.2) is 16.8 Å². The number of hydrogen-bond donors (Lipinski definition) is 1. The maximum Gasteiger partial charge on any atom is 0.512 e. The Labute approximate surface area is 102 Å². The number of benzene rings is 1. The molecule has 0 aliphatic heterocycles. The fourth-order valence-electron chi connectivity index (χ4n) is 1.02. The van der Waals surface area contributed by atoms with Gasteiger partial charge < -0.3 is 0 Å². The van der Waals surface area contributed by atoms with Crippen molar-refractivity contribution in [2.75, 3.05) is 0 Å². The van der Waals surface area contributed by atoms with Crippen LogP contribution in [0.5, 0.6) is 0 Å². The SMILES string of the molecule is Cc1cccc(S(=O)(=O)NS(=O)(=O)C(F)(F)F)c1. The Hall–Kier alpha value is -1.13. The van der Waals surface area contributed by atoms with E-state index in [1.807, 2.05) is 0 Å². The molecule has 1 N–H and O–H groups in total. The van der Waals surface area contributed by atoms with Gasteiger partial charge >= 0.3 is 15.5 Å². The molecular formula is C8H8F3NO4S2. The van der Waals surface area contributed by atoms with Gasteiger partial charge in [0.2, 0.25) is 0 Å². The van der Waals surface area contributed by atoms with Crippen molar-refractivity contribution in [2.45, 2.75) is 17.3 Å². The molecule has 102 valence electrons. The predicted octanol–water partition coefficient (Wildman–Crippen LogP) is 1.12. The molecule has 0 radical (unpaired) electrons. The monoisotopic (exact) mass is 303 g/mol. The van der Waals surface area contributed by atoms with Gasteiger partial charge in [0.1, 0.15) is 0 Å². The van der Waals surface area contributed by atoms with E-state index in [4.69, 9.17) is 0 Å². The summed E-state index contributed by atoms with van der Waals surface area (Å²) in [6.07, 6.45) is 0. The van der Waals surface area contributed by atoms with Crippen molar-refractivity contribution in [3.8, 4) is 0 Å². The fraction of sp³-hybridized carbons (Fsp3) is 0.250. The van der Waals surface area contributed by atoms with Gasteiger partial charge in [0.25, 0.3) is 10.0 Å². The third kappa shape index (κ3) is 3.21. The van der Waals surface area contributed by atoms with Crippen LogP contribution >= 0.6 is 0 Å². The zero-order valence-corrected chi connectivity index (χ0v) is 10.5. The van der Waals surface area contributed by atoms with E-state index in [0.29, 0.717) is 9.69 Å². The van der Waals surface area contributed by atoms with Crippen LogP contribution < -0.4 is 4.13 Å². The number of rotatable bonds is 3. The topological polar surface area (TPSA) is 80.3 Å². The molecule has 1 aromatic rings. The molecule has 0 heterocycles. The molecule has 0 saturated heterocycles. The van der Waals surface area contributed by atoms with Crippen LogP contribution in [0.25, 0.3) is 0 Å². The number of aryl methyl sites for hydroxylation is 1. The lowest BCUT2D eigenvalue weighted by molar-refractivity contribution is -0.0441. The summed E-state index contributed by atoms with van der Waals surface area (Å²) in [6.45, 7) is 1.51. The summed E-state index contributed by atoms with van der Waals surface area (Å²) in [4.78, 5) is -0.560. The van der Waals surface area contributed by atoms with Crippen LogP contribution in [0.3, 0.4) is 0 Å². The Balaban J connectivity index is 3.20. The summed E-state index contributed by atoms with van der Waals surface area (Å²) in [5.41, 5.74) is -5.23. The molecule has 0 aliphatic rings. The second-order valence-electron chi connectivity index (χ2n) is 3.35. The van der Waals surface area contributed by atoms with E-state index in [1.54, 1.807) is 0 Å². The maximum atomic E-state index is 12.0. The molecule has 1 rings (SSSR count). The van der Waals surface area contributed by atoms with Gasteiger partial charge in [-0.15, -0.1) is 0 Å². The van der Waals surface area contributed by atoms with Crippen LogP contribution in [-0.2, 0) is 20.0 Å². The minimum atomic E-state index is -5.95. The summed E-state index contributed by atoms with van der Waals surface area (Å²) >= 11 is 0. The van der Waals surface area contributed by atoms with Crippen molar-refractivity contribution < 1.29 is 30.0 Å². The van der Waals surface area contributed by atoms with E-state index in [0.717, 1.165) is 12.1 Å². The molecule has 0 atom stereocenters. The van der Waals surface area contributed by atoms with E-state index < -0.39 is 30.5 Å². The van der Waals surface area contributed by atoms with Gasteiger partial charge in [-0.3, -0.25) is 0 Å². The number of halogens is 3. The standard InChI is InChI=1S/C8H8F3NO4S2/c1-6-3-2-4-7(5-6)17(13,14)12-18(15,16)8(9,10)11/h2-5,12H,1H3. The Kier molecular flexibility index (Phi) is 3.75. The Morgan fingerprint density at radius 3 is 2.11 bits per heavy atom. The second kappa shape index (κ2) is 4.52. The minimum Gasteiger partial charge on any atom is -0.206 e. The zero-order valence-electron chi connectivity index (χ0n) is 8.89. The average Bonchev–Trinajstić information content (AvgIpc) is 2.14. The van der Waals surface area contributed by atoms with Crippen LogP contribution in [-0.4, -0.2) is 22.3 Å². The van der Waals surface area contributed by atoms with Crippen molar-refractivity contribution in [1.29, 1.82) is 0 Å². The van der Waals surface area contributed by atoms with Crippen molar-refractivity contribution in [3.63, 3.8) is 0 Å². The molecule has 0 aliphatic carbocycles. The first-order valence-electron chi connectivity index (χ1n) is 4.37. The van der Waals surface area contributed by atoms with Crippen LogP contribution in [0.1, 0.15) is 5.56 Å². The Morgan fingerprint density at radius 2 is 1.67 bits per heavy atom. The van der Waals surface area contributed by atoms with Gasteiger partial charge in [-0.1, -0.05) is 16.3 Å². The molecule has 0 spiro atoms. The summed E-state index contributed by atoms with van der Waals surface area (Å²) < 4.78 is 81.1. The first kappa shape index (κ1) is 14.9. The highest BCUT2D eigenvalue weighted by Crippen LogP contribution is 2.23. The Bertz CT molecular complexity index is 649. The normalized spacial score (nSPS) is 13.6. The molecule has 0 amide bonds. The van der Waals surface area contributed by atoms with Gasteiger partial charge in [-0.05, 0) is 24.6 Å². The van der Waals surface area contributed by atoms with Gasteiger partial charge in [-0.2, -0.15) is 13.2 Å². The zero-order chi connectivity index (χ0) is 14.2. The van der Waals surface area contributed by atoms with Crippen LogP contribution in [0.15, 0.2) is 29.2 Å². The van der Waals surface area contributed by atoms with Crippen LogP contribution in [0.2, 0.25) is 0 Å². The van der Waals surface area contributed by atoms with E-state index in [9.17, 15) is 30.0 Å². The van der Waals surface area contributed by atoms with Crippen molar-refractivity contribution >= 4 is 20.0 Å². The highest BCUT2D eigenvalue weighted by atomic mass is 32.3. The molecule has 0 bridgehead atoms. The summed E-state index contributed by atoms with van der Waals surface area (Å²) in [5, 5.41) is 0. The van der Waals surface area contributed by atoms with E-state index in [2.05, 4.69) is 0 Å². The molecule has 0 fully saturated rings. The number of sulfonamides is 2. The summed E-state index contributed by atoms with van der Waals surface area (Å²) in [6, 6.07) is 4.83. The summed E-state index contributed by atoms with van der Waals surface area (Å²) in [7, 11) is -10.7. The van der Waals surface area contributed by atoms with Gasteiger partial charge in [0.15, 0.2) is 0 Å². The smallest absolute Gasteiger partial charge is 0.206 e. The number of hydrogen-bond acceptors (Lipinski definition) is 4. The molecule has 0 aromatic heterocycles. The number of alkyl halides is 3. The summed E-state index contributed by atoms with van der Waals surface area (Å²) in [5.74, 6) is 0. The molecule has 5 nitrogen and oxygen atoms in total. The third-order valence-corrected chi connectivity index (χ3v) is 5.06. The Morgan fingerprint density at radius 1 is 1.11 bits per heavy atom. The van der Waals surface area contributed by atoms with Crippen molar-refractivity contribution in [2.24, 2.45) is 0 Å². The van der Waals surface area contributed by atoms with E-state index in [-0.39, 0.29) is 0 Å². The van der Waals surface area contributed by atoms with Crippen molar-refractivity contribution in [3.05, 3.63) is 29.8 Å². The molecule has 0 unspecified atom stereocenters. The highest BCUT2D eigenvalue weighted by molar-refractivity contribution is 8.05. The first-order valence-corrected chi connectivity index (χ1v) is 7.34. The largest absolute Gasteiger partial charge is 0.512 e. The molecule has 1 aromatic carbocycles. The lowest BCUT2D eigenvalue weighted by Crippen LogP contribution is -2.40. The molecule has 0 saturated carbocycles. The molecule has 18 heavy (non-hydrogen) atoms. The van der Waals surface area contributed by atoms with Gasteiger partial charge in [0, 0.05) is 0 Å². The maximum absolute atomic E-state index is 12.0. The fourth-order valence-corrected chi connectivity index (χ4v) is 3.54. The first-order chi connectivity index (χ1) is 7.96. The predicted molar refractivity (Wildman–Crippen MR) is 56.5 cm³/mol. The molecular weight excluding hydrogens is 295 g/mol. The lowest BCUT2D eigenvalue weighted by atomic mass is 10.2. The third-order valence-electron chi connectivity index (χ3n) is 1.82. The van der Waals surface area contributed by atoms with Crippen molar-refractivity contribution in [1.82, 2.24) is 4.13 Å². The van der Waals surface area contributed by atoms with E-state index in [1.165, 1.54) is 19.1 Å². The highest BCUT2D eigenvalue weighted by Gasteiger charge is 2.48. The van der Waals surface area contributed by atoms with Crippen LogP contribution in [0.4, 0.5) is 13.2 Å². The number of nitrogens with one attached hydrogen (secondary N) is 1. The average molecular weight is 303 g/mol. The molecule has 10 heteroatoms. The lowest BCUT2D eigenvalue weighted by Gasteiger charge is -2.10. The van der Waals surface area contributed by atoms with Gasteiger partial charge in [0.05, 0.1) is 4.90 Å². The second-order valence-corrected chi connectivity index (χ2v) is 6.97. The minimum absolute atomic E-state index is 0.460. The quantitative estimate of drug-likeness (QED) is 0.907.